The number of aromatic nitrogens is 3. The van der Waals surface area contributed by atoms with Gasteiger partial charge in [0.2, 0.25) is 0 Å². The molecule has 3 nitrogen and oxygen atoms in total. The molecule has 0 amide bonds. The van der Waals surface area contributed by atoms with Gasteiger partial charge < -0.3 is 4.57 Å². The topological polar surface area (TPSA) is 30.7 Å². The first-order chi connectivity index (χ1) is 8.67. The van der Waals surface area contributed by atoms with E-state index in [1.807, 2.05) is 19.1 Å². The fraction of sp³-hybridized carbons (Fsp3) is 0.429. The van der Waals surface area contributed by atoms with Crippen molar-refractivity contribution in [3.63, 3.8) is 0 Å². The van der Waals surface area contributed by atoms with Crippen molar-refractivity contribution in [3.8, 4) is 0 Å². The molecule has 2 aromatic rings. The van der Waals surface area contributed by atoms with Crippen molar-refractivity contribution in [2.24, 2.45) is 0 Å². The molecule has 1 heterocycles. The monoisotopic (exact) mass is 263 g/mol. The van der Waals surface area contributed by atoms with E-state index in [0.29, 0.717) is 0 Å². The van der Waals surface area contributed by atoms with Gasteiger partial charge in [0.1, 0.15) is 11.6 Å². The summed E-state index contributed by atoms with van der Waals surface area (Å²) in [6.07, 6.45) is 1.000. The molecule has 0 radical (unpaired) electrons. The van der Waals surface area contributed by atoms with Crippen LogP contribution in [0, 0.1) is 6.92 Å². The van der Waals surface area contributed by atoms with Crippen molar-refractivity contribution in [1.29, 1.82) is 0 Å². The molecular weight excluding hydrogens is 246 g/mol. The highest BCUT2D eigenvalue weighted by Gasteiger charge is 2.19. The normalized spacial score (nSPS) is 12.7. The second kappa shape index (κ2) is 5.53. The van der Waals surface area contributed by atoms with Crippen molar-refractivity contribution in [2.75, 3.05) is 0 Å². The third-order valence-electron chi connectivity index (χ3n) is 3.27. The van der Waals surface area contributed by atoms with Crippen LogP contribution < -0.4 is 0 Å². The maximum absolute atomic E-state index is 5.94. The summed E-state index contributed by atoms with van der Waals surface area (Å²) in [4.78, 5) is 0. The van der Waals surface area contributed by atoms with Crippen LogP contribution in [0.15, 0.2) is 24.3 Å². The van der Waals surface area contributed by atoms with Crippen LogP contribution in [-0.4, -0.2) is 14.8 Å². The maximum Gasteiger partial charge on any atom is 0.140 e. The summed E-state index contributed by atoms with van der Waals surface area (Å²) in [5.41, 5.74) is 1.24. The molecule has 18 heavy (non-hydrogen) atoms. The van der Waals surface area contributed by atoms with Crippen LogP contribution in [0.3, 0.4) is 0 Å². The molecule has 4 heteroatoms. The van der Waals surface area contributed by atoms with Crippen molar-refractivity contribution < 1.29 is 0 Å². The predicted octanol–water partition coefficient (Wildman–Crippen LogP) is 3.80. The summed E-state index contributed by atoms with van der Waals surface area (Å²) < 4.78 is 2.17. The quantitative estimate of drug-likeness (QED) is 0.840. The molecule has 0 N–H and O–H groups in total. The molecule has 96 valence electrons. The van der Waals surface area contributed by atoms with Gasteiger partial charge in [0, 0.05) is 17.5 Å². The highest BCUT2D eigenvalue weighted by atomic mass is 35.5. The highest BCUT2D eigenvalue weighted by Crippen LogP contribution is 2.27. The Bertz CT molecular complexity index is 516. The summed E-state index contributed by atoms with van der Waals surface area (Å²) in [6, 6.07) is 8.00. The molecule has 0 bridgehead atoms. The number of aryl methyl sites for hydroxylation is 1. The van der Waals surface area contributed by atoms with Crippen LogP contribution in [0.1, 0.15) is 43.4 Å². The lowest BCUT2D eigenvalue weighted by atomic mass is 9.95. The van der Waals surface area contributed by atoms with Gasteiger partial charge in [0.05, 0.1) is 0 Å². The zero-order valence-corrected chi connectivity index (χ0v) is 11.8. The summed E-state index contributed by atoms with van der Waals surface area (Å²) >= 11 is 5.94. The third-order valence-corrected chi connectivity index (χ3v) is 3.52. The van der Waals surface area contributed by atoms with Gasteiger partial charge in [-0.1, -0.05) is 30.7 Å². The first-order valence-corrected chi connectivity index (χ1v) is 6.70. The Kier molecular flexibility index (Phi) is 4.02. The lowest BCUT2D eigenvalue weighted by molar-refractivity contribution is 0.621. The van der Waals surface area contributed by atoms with E-state index >= 15 is 0 Å². The van der Waals surface area contributed by atoms with Gasteiger partial charge in [0.15, 0.2) is 0 Å². The largest absolute Gasteiger partial charge is 0.315 e. The van der Waals surface area contributed by atoms with Gasteiger partial charge in [-0.15, -0.1) is 10.2 Å². The average Bonchev–Trinajstić information content (AvgIpc) is 2.74. The van der Waals surface area contributed by atoms with E-state index in [-0.39, 0.29) is 5.92 Å². The van der Waals surface area contributed by atoms with Gasteiger partial charge in [-0.3, -0.25) is 0 Å². The second-order valence-electron chi connectivity index (χ2n) is 4.36. The predicted molar refractivity (Wildman–Crippen MR) is 74.0 cm³/mol. The van der Waals surface area contributed by atoms with E-state index in [2.05, 4.69) is 40.7 Å². The highest BCUT2D eigenvalue weighted by molar-refractivity contribution is 6.30. The maximum atomic E-state index is 5.94. The van der Waals surface area contributed by atoms with Crippen molar-refractivity contribution in [3.05, 3.63) is 46.5 Å². The fourth-order valence-electron chi connectivity index (χ4n) is 2.31. The van der Waals surface area contributed by atoms with E-state index in [1.54, 1.807) is 0 Å². The minimum absolute atomic E-state index is 0.281. The molecule has 1 aromatic heterocycles. The summed E-state index contributed by atoms with van der Waals surface area (Å²) in [6.45, 7) is 7.19. The number of hydrogen-bond acceptors (Lipinski definition) is 2. The van der Waals surface area contributed by atoms with Crippen LogP contribution in [0.2, 0.25) is 5.02 Å². The van der Waals surface area contributed by atoms with Crippen LogP contribution >= 0.6 is 11.6 Å². The van der Waals surface area contributed by atoms with Gasteiger partial charge in [0.25, 0.3) is 0 Å². The van der Waals surface area contributed by atoms with Gasteiger partial charge in [-0.25, -0.2) is 0 Å². The lowest BCUT2D eigenvalue weighted by Gasteiger charge is -2.16. The van der Waals surface area contributed by atoms with Gasteiger partial charge >= 0.3 is 0 Å². The summed E-state index contributed by atoms with van der Waals surface area (Å²) in [7, 11) is 0. The number of nitrogens with zero attached hydrogens (tertiary/aromatic N) is 3. The Hall–Kier alpha value is -1.35. The molecule has 2 rings (SSSR count). The fourth-order valence-corrected chi connectivity index (χ4v) is 2.43. The third kappa shape index (κ3) is 2.41. The average molecular weight is 264 g/mol. The summed E-state index contributed by atoms with van der Waals surface area (Å²) in [5, 5.41) is 9.29. The minimum Gasteiger partial charge on any atom is -0.315 e. The van der Waals surface area contributed by atoms with E-state index in [0.717, 1.165) is 29.6 Å². The molecule has 0 saturated carbocycles. The molecule has 0 fully saturated rings. The van der Waals surface area contributed by atoms with E-state index in [9.17, 15) is 0 Å². The number of benzene rings is 1. The number of hydrogen-bond donors (Lipinski definition) is 0. The minimum atomic E-state index is 0.281. The molecule has 0 spiro atoms. The molecule has 0 aliphatic rings. The first kappa shape index (κ1) is 13.1. The zero-order valence-electron chi connectivity index (χ0n) is 11.0. The standard InChI is InChI=1S/C14H18ClN3/c1-4-13(11-6-8-12(15)9-7-11)14-17-16-10(3)18(14)5-2/h6-9,13H,4-5H2,1-3H3/t13-/m0/s1. The van der Waals surface area contributed by atoms with Crippen LogP contribution in [0.5, 0.6) is 0 Å². The van der Waals surface area contributed by atoms with Crippen LogP contribution in [0.25, 0.3) is 0 Å². The van der Waals surface area contributed by atoms with E-state index in [1.165, 1.54) is 5.56 Å². The molecule has 1 atom stereocenters. The first-order valence-electron chi connectivity index (χ1n) is 6.32. The van der Waals surface area contributed by atoms with Gasteiger partial charge in [-0.2, -0.15) is 0 Å². The van der Waals surface area contributed by atoms with Gasteiger partial charge in [-0.05, 0) is 38.0 Å². The second-order valence-corrected chi connectivity index (χ2v) is 4.80. The molecule has 1 aromatic carbocycles. The van der Waals surface area contributed by atoms with E-state index in [4.69, 9.17) is 11.6 Å². The number of rotatable bonds is 4. The van der Waals surface area contributed by atoms with Crippen molar-refractivity contribution >= 4 is 11.6 Å². The SMILES string of the molecule is CC[C@@H](c1ccc(Cl)cc1)c1nnc(C)n1CC. The van der Waals surface area contributed by atoms with Crippen molar-refractivity contribution in [1.82, 2.24) is 14.8 Å². The Morgan fingerprint density at radius 1 is 1.17 bits per heavy atom. The smallest absolute Gasteiger partial charge is 0.140 e. The molecule has 0 saturated heterocycles. The van der Waals surface area contributed by atoms with Crippen LogP contribution in [-0.2, 0) is 6.54 Å². The Morgan fingerprint density at radius 2 is 1.83 bits per heavy atom. The van der Waals surface area contributed by atoms with Crippen molar-refractivity contribution in [2.45, 2.75) is 39.7 Å². The zero-order chi connectivity index (χ0) is 13.1. The Labute approximate surface area is 113 Å². The lowest BCUT2D eigenvalue weighted by Crippen LogP contribution is -2.10. The molecule has 0 aliphatic carbocycles. The Balaban J connectivity index is 2.41. The summed E-state index contributed by atoms with van der Waals surface area (Å²) in [5.74, 6) is 2.29. The Morgan fingerprint density at radius 3 is 2.39 bits per heavy atom. The van der Waals surface area contributed by atoms with E-state index < -0.39 is 0 Å². The van der Waals surface area contributed by atoms with Crippen LogP contribution in [0.4, 0.5) is 0 Å². The molecular formula is C14H18ClN3. The number of halogens is 1. The molecule has 0 unspecified atom stereocenters. The molecule has 0 aliphatic heterocycles.